The summed E-state index contributed by atoms with van der Waals surface area (Å²) >= 11 is 0. The van der Waals surface area contributed by atoms with Crippen molar-refractivity contribution in [2.24, 2.45) is 17.1 Å². The second kappa shape index (κ2) is 6.75. The molecule has 1 aliphatic carbocycles. The highest BCUT2D eigenvalue weighted by atomic mass is 15.1. The quantitative estimate of drug-likeness (QED) is 0.772. The molecule has 0 radical (unpaired) electrons. The van der Waals surface area contributed by atoms with Gasteiger partial charge in [0.25, 0.3) is 0 Å². The van der Waals surface area contributed by atoms with Gasteiger partial charge in [0.15, 0.2) is 0 Å². The van der Waals surface area contributed by atoms with Gasteiger partial charge in [-0.1, -0.05) is 20.8 Å². The van der Waals surface area contributed by atoms with Gasteiger partial charge in [-0.15, -0.1) is 0 Å². The first-order chi connectivity index (χ1) is 8.06. The molecule has 1 rings (SSSR count). The maximum absolute atomic E-state index is 6.00. The van der Waals surface area contributed by atoms with Crippen molar-refractivity contribution >= 4 is 0 Å². The Labute approximate surface area is 108 Å². The Morgan fingerprint density at radius 1 is 1.12 bits per heavy atom. The molecule has 0 heterocycles. The predicted octanol–water partition coefficient (Wildman–Crippen LogP) is 3.26. The molecule has 2 nitrogen and oxygen atoms in total. The second-order valence-electron chi connectivity index (χ2n) is 6.24. The van der Waals surface area contributed by atoms with Gasteiger partial charge in [0.05, 0.1) is 0 Å². The average molecular weight is 240 g/mol. The Morgan fingerprint density at radius 3 is 2.06 bits per heavy atom. The molecule has 0 aromatic heterocycles. The number of hydrogen-bond acceptors (Lipinski definition) is 2. The van der Waals surface area contributed by atoms with Crippen molar-refractivity contribution in [2.45, 2.75) is 65.3 Å². The van der Waals surface area contributed by atoms with Crippen LogP contribution in [-0.2, 0) is 0 Å². The van der Waals surface area contributed by atoms with Crippen LogP contribution in [0.25, 0.3) is 0 Å². The van der Waals surface area contributed by atoms with E-state index in [1.165, 1.54) is 45.1 Å². The standard InChI is InChI=1S/C15H32N2/c1-5-15(6-2,11-16)12-17(4)14-9-7-13(3)8-10-14/h13-14H,5-12,16H2,1-4H3. The lowest BCUT2D eigenvalue weighted by Gasteiger charge is -2.40. The van der Waals surface area contributed by atoms with Crippen LogP contribution < -0.4 is 5.73 Å². The summed E-state index contributed by atoms with van der Waals surface area (Å²) in [5.74, 6) is 0.941. The number of nitrogens with two attached hydrogens (primary N) is 1. The Hall–Kier alpha value is -0.0800. The van der Waals surface area contributed by atoms with Crippen LogP contribution in [0, 0.1) is 11.3 Å². The third-order valence-corrected chi connectivity index (χ3v) is 5.13. The first-order valence-corrected chi connectivity index (χ1v) is 7.47. The Kier molecular flexibility index (Phi) is 5.94. The van der Waals surface area contributed by atoms with E-state index < -0.39 is 0 Å². The average Bonchev–Trinajstić information content (AvgIpc) is 2.37. The Balaban J connectivity index is 2.49. The lowest BCUT2D eigenvalue weighted by Crippen LogP contribution is -2.45. The van der Waals surface area contributed by atoms with Crippen molar-refractivity contribution < 1.29 is 0 Å². The number of hydrogen-bond donors (Lipinski definition) is 1. The minimum atomic E-state index is 0.345. The van der Waals surface area contributed by atoms with Crippen molar-refractivity contribution in [1.82, 2.24) is 4.90 Å². The van der Waals surface area contributed by atoms with E-state index >= 15 is 0 Å². The third-order valence-electron chi connectivity index (χ3n) is 5.13. The van der Waals surface area contributed by atoms with Gasteiger partial charge in [-0.3, -0.25) is 0 Å². The van der Waals surface area contributed by atoms with Crippen LogP contribution in [0.2, 0.25) is 0 Å². The van der Waals surface area contributed by atoms with E-state index in [1.54, 1.807) is 0 Å². The number of rotatable bonds is 6. The van der Waals surface area contributed by atoms with Gasteiger partial charge < -0.3 is 10.6 Å². The molecule has 0 bridgehead atoms. The van der Waals surface area contributed by atoms with Gasteiger partial charge in [-0.2, -0.15) is 0 Å². The molecule has 0 saturated heterocycles. The molecule has 1 fully saturated rings. The van der Waals surface area contributed by atoms with E-state index in [9.17, 15) is 0 Å². The molecule has 0 aromatic rings. The van der Waals surface area contributed by atoms with Gasteiger partial charge >= 0.3 is 0 Å². The molecule has 17 heavy (non-hydrogen) atoms. The van der Waals surface area contributed by atoms with Crippen LogP contribution in [0.15, 0.2) is 0 Å². The lowest BCUT2D eigenvalue weighted by atomic mass is 9.80. The summed E-state index contributed by atoms with van der Waals surface area (Å²) in [6.07, 6.45) is 7.98. The summed E-state index contributed by atoms with van der Waals surface area (Å²) in [6.45, 7) is 8.96. The largest absolute Gasteiger partial charge is 0.330 e. The van der Waals surface area contributed by atoms with E-state index in [0.717, 1.165) is 18.5 Å². The Bertz CT molecular complexity index is 195. The second-order valence-corrected chi connectivity index (χ2v) is 6.24. The molecule has 0 atom stereocenters. The molecule has 0 amide bonds. The van der Waals surface area contributed by atoms with Crippen LogP contribution in [0.1, 0.15) is 59.3 Å². The summed E-state index contributed by atoms with van der Waals surface area (Å²) in [6, 6.07) is 0.801. The highest BCUT2D eigenvalue weighted by Crippen LogP contribution is 2.31. The third kappa shape index (κ3) is 3.96. The minimum absolute atomic E-state index is 0.345. The molecule has 1 saturated carbocycles. The first kappa shape index (κ1) is 15.0. The molecular formula is C15H32N2. The van der Waals surface area contributed by atoms with Gasteiger partial charge in [-0.25, -0.2) is 0 Å². The van der Waals surface area contributed by atoms with Crippen LogP contribution >= 0.6 is 0 Å². The van der Waals surface area contributed by atoms with Crippen molar-refractivity contribution in [3.8, 4) is 0 Å². The van der Waals surface area contributed by atoms with Gasteiger partial charge in [0.1, 0.15) is 0 Å². The zero-order valence-corrected chi connectivity index (χ0v) is 12.3. The highest BCUT2D eigenvalue weighted by molar-refractivity contribution is 4.84. The molecule has 0 aromatic carbocycles. The normalized spacial score (nSPS) is 26.5. The minimum Gasteiger partial charge on any atom is -0.330 e. The first-order valence-electron chi connectivity index (χ1n) is 7.47. The molecule has 2 heteroatoms. The van der Waals surface area contributed by atoms with Crippen molar-refractivity contribution in [3.05, 3.63) is 0 Å². The fourth-order valence-electron chi connectivity index (χ4n) is 3.17. The molecule has 1 aliphatic rings. The van der Waals surface area contributed by atoms with Crippen LogP contribution in [0.5, 0.6) is 0 Å². The maximum Gasteiger partial charge on any atom is 0.00926 e. The lowest BCUT2D eigenvalue weighted by molar-refractivity contribution is 0.101. The topological polar surface area (TPSA) is 29.3 Å². The fourth-order valence-corrected chi connectivity index (χ4v) is 3.17. The fraction of sp³-hybridized carbons (Fsp3) is 1.00. The maximum atomic E-state index is 6.00. The van der Waals surface area contributed by atoms with Crippen molar-refractivity contribution in [1.29, 1.82) is 0 Å². The van der Waals surface area contributed by atoms with Crippen LogP contribution in [0.4, 0.5) is 0 Å². The van der Waals surface area contributed by atoms with Gasteiger partial charge in [-0.05, 0) is 63.5 Å². The summed E-state index contributed by atoms with van der Waals surface area (Å²) in [7, 11) is 2.30. The summed E-state index contributed by atoms with van der Waals surface area (Å²) < 4.78 is 0. The SMILES string of the molecule is CCC(CC)(CN)CN(C)C1CCC(C)CC1. The van der Waals surface area contributed by atoms with Crippen LogP contribution in [-0.4, -0.2) is 31.1 Å². The van der Waals surface area contributed by atoms with Gasteiger partial charge in [0.2, 0.25) is 0 Å². The van der Waals surface area contributed by atoms with Gasteiger partial charge in [0, 0.05) is 12.6 Å². The summed E-state index contributed by atoms with van der Waals surface area (Å²) in [4.78, 5) is 2.59. The van der Waals surface area contributed by atoms with Crippen molar-refractivity contribution in [2.75, 3.05) is 20.1 Å². The zero-order chi connectivity index (χ0) is 12.9. The van der Waals surface area contributed by atoms with E-state index in [2.05, 4.69) is 32.7 Å². The molecule has 0 aliphatic heterocycles. The predicted molar refractivity (Wildman–Crippen MR) is 76.1 cm³/mol. The van der Waals surface area contributed by atoms with E-state index in [0.29, 0.717) is 5.41 Å². The van der Waals surface area contributed by atoms with E-state index in [1.807, 2.05) is 0 Å². The van der Waals surface area contributed by atoms with Crippen molar-refractivity contribution in [3.63, 3.8) is 0 Å². The molecule has 0 spiro atoms. The molecule has 2 N–H and O–H groups in total. The van der Waals surface area contributed by atoms with Crippen LogP contribution in [0.3, 0.4) is 0 Å². The summed E-state index contributed by atoms with van der Waals surface area (Å²) in [5, 5.41) is 0. The smallest absolute Gasteiger partial charge is 0.00926 e. The van der Waals surface area contributed by atoms with E-state index in [4.69, 9.17) is 5.73 Å². The molecular weight excluding hydrogens is 208 g/mol. The molecule has 102 valence electrons. The number of nitrogens with zero attached hydrogens (tertiary/aromatic N) is 1. The Morgan fingerprint density at radius 2 is 1.65 bits per heavy atom. The summed E-state index contributed by atoms with van der Waals surface area (Å²) in [5.41, 5.74) is 6.35. The highest BCUT2D eigenvalue weighted by Gasteiger charge is 2.30. The zero-order valence-electron chi connectivity index (χ0n) is 12.3. The van der Waals surface area contributed by atoms with E-state index in [-0.39, 0.29) is 0 Å². The molecule has 0 unspecified atom stereocenters. The monoisotopic (exact) mass is 240 g/mol.